The van der Waals surface area contributed by atoms with Crippen LogP contribution in [0.2, 0.25) is 0 Å². The molecule has 0 fully saturated rings. The lowest BCUT2D eigenvalue weighted by molar-refractivity contribution is -0.145. The number of nitrogens with one attached hydrogen (secondary N) is 1. The second kappa shape index (κ2) is 5.85. The first kappa shape index (κ1) is 14.1. The van der Waals surface area contributed by atoms with Gasteiger partial charge in [-0.15, -0.1) is 11.3 Å². The van der Waals surface area contributed by atoms with Crippen LogP contribution in [0.25, 0.3) is 0 Å². The number of esters is 1. The highest BCUT2D eigenvalue weighted by atomic mass is 32.1. The Labute approximate surface area is 127 Å². The van der Waals surface area contributed by atoms with Crippen molar-refractivity contribution in [1.29, 1.82) is 0 Å². The Hall–Kier alpha value is -1.89. The first-order chi connectivity index (χ1) is 10.2. The van der Waals surface area contributed by atoms with Gasteiger partial charge in [0.2, 0.25) is 0 Å². The molecule has 21 heavy (non-hydrogen) atoms. The van der Waals surface area contributed by atoms with Crippen LogP contribution in [0.3, 0.4) is 0 Å². The predicted molar refractivity (Wildman–Crippen MR) is 80.9 cm³/mol. The molecule has 6 nitrogen and oxygen atoms in total. The average molecular weight is 306 g/mol. The normalized spacial score (nSPS) is 17.3. The number of anilines is 2. The van der Waals surface area contributed by atoms with Crippen molar-refractivity contribution in [3.05, 3.63) is 22.8 Å². The van der Waals surface area contributed by atoms with Crippen LogP contribution in [0.5, 0.6) is 0 Å². The van der Waals surface area contributed by atoms with E-state index in [4.69, 9.17) is 4.74 Å². The fraction of sp³-hybridized carbons (Fsp3) is 0.500. The molecule has 1 aliphatic rings. The number of carbonyl (C=O) groups is 1. The number of thiazole rings is 1. The Balaban J connectivity index is 1.82. The Bertz CT molecular complexity index is 649. The molecule has 112 valence electrons. The second-order valence-corrected chi connectivity index (χ2v) is 6.11. The van der Waals surface area contributed by atoms with Gasteiger partial charge in [0.25, 0.3) is 0 Å². The zero-order chi connectivity index (χ0) is 14.8. The van der Waals surface area contributed by atoms with Gasteiger partial charge >= 0.3 is 5.97 Å². The Morgan fingerprint density at radius 1 is 1.62 bits per heavy atom. The highest BCUT2D eigenvalue weighted by Crippen LogP contribution is 2.37. The third-order valence-corrected chi connectivity index (χ3v) is 4.52. The van der Waals surface area contributed by atoms with Gasteiger partial charge in [0.1, 0.15) is 5.92 Å². The minimum atomic E-state index is -0.218. The Morgan fingerprint density at radius 3 is 3.19 bits per heavy atom. The number of aromatic nitrogens is 3. The van der Waals surface area contributed by atoms with Gasteiger partial charge in [-0.2, -0.15) is 5.10 Å². The van der Waals surface area contributed by atoms with Crippen LogP contribution in [0, 0.1) is 0 Å². The zero-order valence-corrected chi connectivity index (χ0v) is 12.9. The summed E-state index contributed by atoms with van der Waals surface area (Å²) in [6.07, 6.45) is 4.67. The van der Waals surface area contributed by atoms with Crippen LogP contribution >= 0.6 is 11.3 Å². The minimum absolute atomic E-state index is 0.159. The van der Waals surface area contributed by atoms with Gasteiger partial charge in [-0.25, -0.2) is 4.98 Å². The lowest BCUT2D eigenvalue weighted by Gasteiger charge is -2.18. The highest BCUT2D eigenvalue weighted by Gasteiger charge is 2.31. The van der Waals surface area contributed by atoms with Gasteiger partial charge in [0.05, 0.1) is 12.3 Å². The number of ether oxygens (including phenoxy) is 1. The number of rotatable bonds is 4. The van der Waals surface area contributed by atoms with Gasteiger partial charge in [-0.1, -0.05) is 0 Å². The topological polar surface area (TPSA) is 69.0 Å². The number of hydrogen-bond donors (Lipinski definition) is 1. The summed E-state index contributed by atoms with van der Waals surface area (Å²) < 4.78 is 6.89. The first-order valence-electron chi connectivity index (χ1n) is 7.10. The van der Waals surface area contributed by atoms with Crippen LogP contribution in [-0.4, -0.2) is 27.3 Å². The van der Waals surface area contributed by atoms with E-state index in [-0.39, 0.29) is 11.9 Å². The molecule has 1 N–H and O–H groups in total. The summed E-state index contributed by atoms with van der Waals surface area (Å²) in [5.74, 6) is 0.383. The van der Waals surface area contributed by atoms with Gasteiger partial charge in [-0.05, 0) is 26.2 Å². The SMILES string of the molecule is CCOC(=O)C1CCCc2sc(Nc3ccn(C)n3)nc21. The largest absolute Gasteiger partial charge is 0.465 e. The van der Waals surface area contributed by atoms with Gasteiger partial charge in [0.15, 0.2) is 10.9 Å². The standard InChI is InChI=1S/C14H18N4O2S/c1-3-20-13(19)9-5-4-6-10-12(9)16-14(21-10)15-11-7-8-18(2)17-11/h7-9H,3-6H2,1-2H3,(H,15,16,17). The van der Waals surface area contributed by atoms with E-state index in [1.54, 1.807) is 16.0 Å². The molecule has 1 atom stereocenters. The third-order valence-electron chi connectivity index (χ3n) is 3.47. The maximum atomic E-state index is 12.0. The maximum absolute atomic E-state index is 12.0. The molecule has 1 aliphatic carbocycles. The van der Waals surface area contributed by atoms with E-state index in [1.807, 2.05) is 26.2 Å². The number of aryl methyl sites for hydroxylation is 2. The summed E-state index contributed by atoms with van der Waals surface area (Å²) in [7, 11) is 1.87. The predicted octanol–water partition coefficient (Wildman–Crippen LogP) is 2.60. The van der Waals surface area contributed by atoms with Gasteiger partial charge in [-0.3, -0.25) is 9.48 Å². The fourth-order valence-electron chi connectivity index (χ4n) is 2.54. The van der Waals surface area contributed by atoms with Crippen molar-refractivity contribution in [2.75, 3.05) is 11.9 Å². The minimum Gasteiger partial charge on any atom is -0.465 e. The smallest absolute Gasteiger partial charge is 0.315 e. The van der Waals surface area contributed by atoms with E-state index in [1.165, 1.54) is 4.88 Å². The molecule has 0 amide bonds. The van der Waals surface area contributed by atoms with Crippen molar-refractivity contribution in [2.45, 2.75) is 32.1 Å². The summed E-state index contributed by atoms with van der Waals surface area (Å²) >= 11 is 1.60. The molecular formula is C14H18N4O2S. The highest BCUT2D eigenvalue weighted by molar-refractivity contribution is 7.15. The second-order valence-electron chi connectivity index (χ2n) is 5.02. The summed E-state index contributed by atoms with van der Waals surface area (Å²) in [6, 6.07) is 1.89. The van der Waals surface area contributed by atoms with Crippen LogP contribution < -0.4 is 5.32 Å². The lowest BCUT2D eigenvalue weighted by Crippen LogP contribution is -2.20. The lowest BCUT2D eigenvalue weighted by atomic mass is 9.91. The van der Waals surface area contributed by atoms with E-state index in [0.717, 1.165) is 35.9 Å². The van der Waals surface area contributed by atoms with E-state index in [0.29, 0.717) is 6.61 Å². The van der Waals surface area contributed by atoms with Crippen molar-refractivity contribution >= 4 is 28.3 Å². The molecule has 2 aromatic rings. The van der Waals surface area contributed by atoms with Crippen molar-refractivity contribution in [1.82, 2.24) is 14.8 Å². The average Bonchev–Trinajstić information content (AvgIpc) is 3.04. The quantitative estimate of drug-likeness (QED) is 0.879. The van der Waals surface area contributed by atoms with Crippen LogP contribution in [0.15, 0.2) is 12.3 Å². The van der Waals surface area contributed by atoms with E-state index >= 15 is 0 Å². The first-order valence-corrected chi connectivity index (χ1v) is 7.92. The van der Waals surface area contributed by atoms with E-state index in [2.05, 4.69) is 15.4 Å². The fourth-order valence-corrected chi connectivity index (χ4v) is 3.61. The Kier molecular flexibility index (Phi) is 3.92. The van der Waals surface area contributed by atoms with Crippen molar-refractivity contribution in [2.24, 2.45) is 7.05 Å². The molecule has 0 saturated heterocycles. The summed E-state index contributed by atoms with van der Waals surface area (Å²) in [5, 5.41) is 8.26. The maximum Gasteiger partial charge on any atom is 0.315 e. The summed E-state index contributed by atoms with van der Waals surface area (Å²) in [6.45, 7) is 2.24. The molecule has 0 radical (unpaired) electrons. The molecular weight excluding hydrogens is 288 g/mol. The molecule has 0 saturated carbocycles. The number of fused-ring (bicyclic) bond motifs is 1. The molecule has 3 rings (SSSR count). The zero-order valence-electron chi connectivity index (χ0n) is 12.1. The third kappa shape index (κ3) is 2.92. The van der Waals surface area contributed by atoms with E-state index < -0.39 is 0 Å². The molecule has 0 aromatic carbocycles. The molecule has 1 unspecified atom stereocenters. The van der Waals surface area contributed by atoms with Crippen LogP contribution in [0.4, 0.5) is 10.9 Å². The van der Waals surface area contributed by atoms with Gasteiger partial charge in [0, 0.05) is 24.2 Å². The molecule has 0 bridgehead atoms. The summed E-state index contributed by atoms with van der Waals surface area (Å²) in [5.41, 5.74) is 0.878. The van der Waals surface area contributed by atoms with Gasteiger partial charge < -0.3 is 10.1 Å². The number of nitrogens with zero attached hydrogens (tertiary/aromatic N) is 3. The van der Waals surface area contributed by atoms with Crippen molar-refractivity contribution in [3.8, 4) is 0 Å². The molecule has 2 heterocycles. The van der Waals surface area contributed by atoms with E-state index in [9.17, 15) is 4.79 Å². The molecule has 0 spiro atoms. The van der Waals surface area contributed by atoms with Crippen LogP contribution in [-0.2, 0) is 23.0 Å². The Morgan fingerprint density at radius 2 is 2.48 bits per heavy atom. The van der Waals surface area contributed by atoms with Crippen molar-refractivity contribution in [3.63, 3.8) is 0 Å². The molecule has 7 heteroatoms. The van der Waals surface area contributed by atoms with Crippen LogP contribution in [0.1, 0.15) is 36.3 Å². The van der Waals surface area contributed by atoms with Crippen molar-refractivity contribution < 1.29 is 9.53 Å². The number of hydrogen-bond acceptors (Lipinski definition) is 6. The molecule has 0 aliphatic heterocycles. The monoisotopic (exact) mass is 306 g/mol. The summed E-state index contributed by atoms with van der Waals surface area (Å²) in [4.78, 5) is 17.8. The number of carbonyl (C=O) groups excluding carboxylic acids is 1. The molecule has 2 aromatic heterocycles.